The highest BCUT2D eigenvalue weighted by Crippen LogP contribution is 2.64. The summed E-state index contributed by atoms with van der Waals surface area (Å²) in [6.07, 6.45) is -12.8. The van der Waals surface area contributed by atoms with Crippen LogP contribution in [0.4, 0.5) is 4.79 Å². The van der Waals surface area contributed by atoms with Gasteiger partial charge in [0.25, 0.3) is 0 Å². The summed E-state index contributed by atoms with van der Waals surface area (Å²) in [6, 6.07) is 19.9. The van der Waals surface area contributed by atoms with Crippen molar-refractivity contribution in [3.8, 4) is 0 Å². The topological polar surface area (TPSA) is 347 Å². The van der Waals surface area contributed by atoms with Crippen LogP contribution in [0.15, 0.2) is 114 Å². The molecule has 4 aliphatic rings. The van der Waals surface area contributed by atoms with Crippen LogP contribution in [0.25, 0.3) is 0 Å². The summed E-state index contributed by atoms with van der Waals surface area (Å²) in [4.78, 5) is 140. The molecule has 8 N–H and O–H groups in total. The number of hydrogen-bond acceptors (Lipinski definition) is 19. The van der Waals surface area contributed by atoms with E-state index in [1.807, 2.05) is 0 Å². The number of carbonyl (C=O) groups excluding carboxylic acids is 10. The monoisotopic (exact) mass is 1250 g/mol. The number of nitrogens with one attached hydrogen (secondary N) is 5. The highest BCUT2D eigenvalue weighted by molar-refractivity contribution is 5.97. The summed E-state index contributed by atoms with van der Waals surface area (Å²) in [5, 5.41) is 51.4. The summed E-state index contributed by atoms with van der Waals surface area (Å²) in [7, 11) is 0. The SMILES string of the molecule is C=C(C)C(=O)NCC(=O)NC(Cc1ccccc1)C(=O)NC(CC(C)C)C(=O)NCC(=O)OC(C(=O)OC1C[C@@]2(O)[C@H](OC(=O)c3ccccc3)[C@H]3[C@@]4(OC(C)=O)CO[C@H]4C[C@H](O)[C@@]3(C)C(=O)[C@H](O)C(=C1C)C2(C)C)[C@H](NC(=O)OC(C)(C)C)c1ccccc1. The highest BCUT2D eigenvalue weighted by atomic mass is 16.6. The Balaban J connectivity index is 1.25. The molecule has 90 heavy (non-hydrogen) atoms. The van der Waals surface area contributed by atoms with Crippen LogP contribution in [0.3, 0.4) is 0 Å². The molecule has 1 saturated heterocycles. The molecule has 0 aromatic heterocycles. The fourth-order valence-electron chi connectivity index (χ4n) is 12.7. The van der Waals surface area contributed by atoms with Crippen molar-refractivity contribution in [3.63, 3.8) is 0 Å². The number of ether oxygens (including phenoxy) is 6. The molecule has 3 aromatic carbocycles. The van der Waals surface area contributed by atoms with E-state index in [0.717, 1.165) is 6.92 Å². The van der Waals surface area contributed by atoms with Gasteiger partial charge in [-0.05, 0) is 88.3 Å². The van der Waals surface area contributed by atoms with Crippen molar-refractivity contribution in [1.82, 2.24) is 26.6 Å². The molecule has 486 valence electrons. The molecule has 5 amide bonds. The quantitative estimate of drug-likeness (QED) is 0.0306. The Bertz CT molecular complexity index is 3260. The molecule has 4 unspecified atom stereocenters. The van der Waals surface area contributed by atoms with Crippen LogP contribution in [0.2, 0.25) is 0 Å². The van der Waals surface area contributed by atoms with E-state index in [1.165, 1.54) is 58.9 Å². The van der Waals surface area contributed by atoms with Crippen molar-refractivity contribution in [2.24, 2.45) is 22.7 Å². The summed E-state index contributed by atoms with van der Waals surface area (Å²) in [5.74, 6) is -10.4. The lowest BCUT2D eigenvalue weighted by molar-refractivity contribution is -0.346. The molecule has 3 aliphatic carbocycles. The smallest absolute Gasteiger partial charge is 0.408 e. The minimum Gasteiger partial charge on any atom is -0.455 e. The lowest BCUT2D eigenvalue weighted by Gasteiger charge is -2.67. The van der Waals surface area contributed by atoms with Gasteiger partial charge in [-0.25, -0.2) is 14.4 Å². The van der Waals surface area contributed by atoms with Crippen LogP contribution < -0.4 is 26.6 Å². The second-order valence-corrected chi connectivity index (χ2v) is 25.7. The molecule has 1 aliphatic heterocycles. The number of aliphatic hydroxyl groups is 3. The minimum absolute atomic E-state index is 0.00141. The van der Waals surface area contributed by atoms with Crippen molar-refractivity contribution in [2.45, 2.75) is 173 Å². The van der Waals surface area contributed by atoms with Crippen LogP contribution in [0.1, 0.15) is 123 Å². The number of benzene rings is 3. The number of carbonyl (C=O) groups is 10. The first-order chi connectivity index (χ1) is 42.1. The number of hydrogen-bond donors (Lipinski definition) is 8. The maximum Gasteiger partial charge on any atom is 0.408 e. The predicted molar refractivity (Wildman–Crippen MR) is 322 cm³/mol. The Kier molecular flexibility index (Phi) is 21.4. The molecular weight excluding hydrogens is 1170 g/mol. The van der Waals surface area contributed by atoms with Gasteiger partial charge in [0.1, 0.15) is 60.3 Å². The van der Waals surface area contributed by atoms with Gasteiger partial charge in [0.15, 0.2) is 11.4 Å². The Labute approximate surface area is 522 Å². The van der Waals surface area contributed by atoms with Crippen molar-refractivity contribution >= 4 is 59.4 Å². The normalized spacial score (nSPS) is 26.2. The molecule has 3 aromatic rings. The Morgan fingerprint density at radius 1 is 0.789 bits per heavy atom. The second-order valence-electron chi connectivity index (χ2n) is 25.7. The highest BCUT2D eigenvalue weighted by Gasteiger charge is 2.78. The van der Waals surface area contributed by atoms with Crippen LogP contribution in [0.5, 0.6) is 0 Å². The number of fused-ring (bicyclic) bond motifs is 5. The molecule has 24 heteroatoms. The van der Waals surface area contributed by atoms with E-state index in [2.05, 4.69) is 33.2 Å². The molecule has 7 rings (SSSR count). The molecule has 0 spiro atoms. The summed E-state index contributed by atoms with van der Waals surface area (Å²) >= 11 is 0. The zero-order valence-electron chi connectivity index (χ0n) is 52.5. The third kappa shape index (κ3) is 14.9. The van der Waals surface area contributed by atoms with Gasteiger partial charge in [-0.15, -0.1) is 0 Å². The maximum atomic E-state index is 15.5. The molecule has 2 bridgehead atoms. The lowest BCUT2D eigenvalue weighted by atomic mass is 9.44. The third-order valence-corrected chi connectivity index (χ3v) is 17.3. The van der Waals surface area contributed by atoms with E-state index in [-0.39, 0.29) is 59.6 Å². The summed E-state index contributed by atoms with van der Waals surface area (Å²) in [5.41, 5.74) is -8.66. The van der Waals surface area contributed by atoms with Crippen molar-refractivity contribution < 1.29 is 91.7 Å². The van der Waals surface area contributed by atoms with Gasteiger partial charge in [0.05, 0.1) is 36.2 Å². The van der Waals surface area contributed by atoms with Gasteiger partial charge < -0.3 is 70.3 Å². The molecule has 24 nitrogen and oxygen atoms in total. The maximum absolute atomic E-state index is 15.5. The average molecular weight is 1250 g/mol. The van der Waals surface area contributed by atoms with Gasteiger partial charge in [0, 0.05) is 37.2 Å². The largest absolute Gasteiger partial charge is 0.455 e. The van der Waals surface area contributed by atoms with Crippen LogP contribution >= 0.6 is 0 Å². The zero-order chi connectivity index (χ0) is 66.4. The summed E-state index contributed by atoms with van der Waals surface area (Å²) < 4.78 is 36.3. The van der Waals surface area contributed by atoms with E-state index in [1.54, 1.807) is 101 Å². The first kappa shape index (κ1) is 69.2. The van der Waals surface area contributed by atoms with Gasteiger partial charge >= 0.3 is 30.0 Å². The van der Waals surface area contributed by atoms with Crippen LogP contribution in [-0.2, 0) is 73.2 Å². The minimum atomic E-state index is -2.55. The Morgan fingerprint density at radius 2 is 1.40 bits per heavy atom. The number of alkyl carbamates (subject to hydrolysis) is 1. The summed E-state index contributed by atoms with van der Waals surface area (Å²) in [6.45, 7) is 18.3. The van der Waals surface area contributed by atoms with Crippen LogP contribution in [-0.4, -0.2) is 160 Å². The fraction of sp³-hybridized carbons (Fsp3) is 0.515. The number of Topliss-reactive ketones (excluding diaryl/α,β-unsaturated/α-hetero) is 1. The Hall–Kier alpha value is -8.32. The Morgan fingerprint density at radius 3 is 1.97 bits per heavy atom. The van der Waals surface area contributed by atoms with E-state index in [0.29, 0.717) is 5.56 Å². The number of ketones is 1. The van der Waals surface area contributed by atoms with Gasteiger partial charge in [-0.3, -0.25) is 33.6 Å². The molecule has 13 atom stereocenters. The van der Waals surface area contributed by atoms with Gasteiger partial charge in [-0.2, -0.15) is 0 Å². The molecule has 1 heterocycles. The van der Waals surface area contributed by atoms with Crippen molar-refractivity contribution in [3.05, 3.63) is 131 Å². The van der Waals surface area contributed by atoms with Gasteiger partial charge in [-0.1, -0.05) is 113 Å². The van der Waals surface area contributed by atoms with E-state index in [9.17, 15) is 53.7 Å². The predicted octanol–water partition coefficient (Wildman–Crippen LogP) is 3.88. The van der Waals surface area contributed by atoms with Gasteiger partial charge in [0.2, 0.25) is 29.7 Å². The number of aliphatic hydroxyl groups excluding tert-OH is 2. The standard InChI is InChI=1S/C66H83N5O19/c1-35(2)28-42(70-58(80)43(29-39-22-16-13-17-23-39)69-47(74)32-67-56(78)36(3)4)57(79)68-33-48(75)87-52(50(40-24-18-14-19-25-40)71-61(83)90-62(7,8)9)60(82)86-44-31-66(84)55(88-59(81)41-26-20-15-21-27-41)53-64(12,54(77)51(76)49(37(44)5)63(66,10)11)45(73)30-46-65(53,34-85-46)89-38(6)72/h13-27,35,42-46,50-53,55,73,76,84H,3,28-34H2,1-2,4-12H3,(H,67,78)(H,68,79)(H,69,74)(H,70,80)(H,71,83)/t42?,43?,44?,45-,46-,50+,51+,52?,53+,55+,64+,65+,66+/m0/s1. The number of amides is 5. The number of rotatable bonds is 22. The fourth-order valence-corrected chi connectivity index (χ4v) is 12.7. The lowest BCUT2D eigenvalue weighted by Crippen LogP contribution is -2.81. The average Bonchev–Trinajstić information content (AvgIpc) is 0.672. The molecule has 0 radical (unpaired) electrons. The number of esters is 4. The van der Waals surface area contributed by atoms with Crippen molar-refractivity contribution in [2.75, 3.05) is 19.7 Å². The van der Waals surface area contributed by atoms with E-state index >= 15 is 9.59 Å². The zero-order valence-corrected chi connectivity index (χ0v) is 52.5. The molecular formula is C66H83N5O19. The van der Waals surface area contributed by atoms with E-state index in [4.69, 9.17) is 28.4 Å². The second kappa shape index (κ2) is 27.8. The molecule has 2 saturated carbocycles. The van der Waals surface area contributed by atoms with E-state index < -0.39 is 167 Å². The van der Waals surface area contributed by atoms with Crippen LogP contribution in [0, 0.1) is 22.7 Å². The first-order valence-corrected chi connectivity index (χ1v) is 29.9. The third-order valence-electron chi connectivity index (χ3n) is 17.3. The van der Waals surface area contributed by atoms with Crippen molar-refractivity contribution in [1.29, 1.82) is 0 Å². The molecule has 3 fully saturated rings. The first-order valence-electron chi connectivity index (χ1n) is 29.9.